The molecule has 1 aliphatic rings. The van der Waals surface area contributed by atoms with E-state index in [2.05, 4.69) is 21.2 Å². The Morgan fingerprint density at radius 1 is 1.43 bits per heavy atom. The first-order chi connectivity index (χ1) is 10.2. The van der Waals surface area contributed by atoms with Gasteiger partial charge in [0.15, 0.2) is 0 Å². The number of benzene rings is 1. The zero-order valence-corrected chi connectivity index (χ0v) is 14.1. The van der Waals surface area contributed by atoms with E-state index in [1.54, 1.807) is 7.11 Å². The molecule has 0 spiro atoms. The van der Waals surface area contributed by atoms with Gasteiger partial charge in [0.1, 0.15) is 11.8 Å². The number of rotatable bonds is 6. The molecule has 116 valence electrons. The molecule has 1 aliphatic carbocycles. The van der Waals surface area contributed by atoms with Gasteiger partial charge >= 0.3 is 5.97 Å². The van der Waals surface area contributed by atoms with E-state index < -0.39 is 6.04 Å². The van der Waals surface area contributed by atoms with Crippen LogP contribution in [0.2, 0.25) is 0 Å². The summed E-state index contributed by atoms with van der Waals surface area (Å²) in [5.41, 5.74) is 0.896. The molecule has 1 aromatic rings. The Labute approximate surface area is 134 Å². The van der Waals surface area contributed by atoms with Gasteiger partial charge in [-0.25, -0.2) is 4.79 Å². The normalized spacial score (nSPS) is 16.7. The quantitative estimate of drug-likeness (QED) is 0.792. The van der Waals surface area contributed by atoms with Crippen LogP contribution in [-0.2, 0) is 9.53 Å². The molecule has 0 radical (unpaired) electrons. The van der Waals surface area contributed by atoms with E-state index in [-0.39, 0.29) is 5.97 Å². The maximum Gasteiger partial charge on any atom is 0.327 e. The Morgan fingerprint density at radius 3 is 2.71 bits per heavy atom. The van der Waals surface area contributed by atoms with Crippen LogP contribution in [0.1, 0.15) is 44.2 Å². The Bertz CT molecular complexity index is 486. The molecule has 0 aromatic heterocycles. The fourth-order valence-corrected chi connectivity index (χ4v) is 3.27. The number of ether oxygens (including phenoxy) is 2. The summed E-state index contributed by atoms with van der Waals surface area (Å²) >= 11 is 3.47. The van der Waals surface area contributed by atoms with Crippen LogP contribution < -0.4 is 10.1 Å². The predicted octanol–water partition coefficient (Wildman–Crippen LogP) is 3.59. The zero-order chi connectivity index (χ0) is 15.2. The minimum Gasteiger partial charge on any atom is -0.496 e. The molecular weight excluding hydrogens is 334 g/mol. The zero-order valence-electron chi connectivity index (χ0n) is 12.5. The Morgan fingerprint density at radius 2 is 2.14 bits per heavy atom. The van der Waals surface area contributed by atoms with Crippen LogP contribution in [0, 0.1) is 0 Å². The molecule has 0 saturated heterocycles. The lowest BCUT2D eigenvalue weighted by Gasteiger charge is -2.22. The third-order valence-electron chi connectivity index (χ3n) is 3.79. The van der Waals surface area contributed by atoms with E-state index in [9.17, 15) is 4.79 Å². The van der Waals surface area contributed by atoms with Crippen LogP contribution >= 0.6 is 15.9 Å². The molecular formula is C16H22BrNO3. The number of carbonyl (C=O) groups excluding carboxylic acids is 1. The number of hydrogen-bond donors (Lipinski definition) is 1. The van der Waals surface area contributed by atoms with Crippen LogP contribution in [0.15, 0.2) is 22.7 Å². The largest absolute Gasteiger partial charge is 0.496 e. The number of methoxy groups -OCH3 is 1. The summed E-state index contributed by atoms with van der Waals surface area (Å²) in [5, 5.41) is 3.45. The molecule has 0 heterocycles. The van der Waals surface area contributed by atoms with Crippen molar-refractivity contribution in [1.82, 2.24) is 5.32 Å². The molecule has 2 rings (SSSR count). The van der Waals surface area contributed by atoms with Gasteiger partial charge in [0.25, 0.3) is 0 Å². The summed E-state index contributed by atoms with van der Waals surface area (Å²) in [4.78, 5) is 12.3. The molecule has 0 aliphatic heterocycles. The van der Waals surface area contributed by atoms with Gasteiger partial charge in [-0.1, -0.05) is 18.9 Å². The molecule has 5 heteroatoms. The van der Waals surface area contributed by atoms with Crippen LogP contribution in [-0.4, -0.2) is 25.7 Å². The highest BCUT2D eigenvalue weighted by molar-refractivity contribution is 9.10. The van der Waals surface area contributed by atoms with Crippen molar-refractivity contribution in [2.24, 2.45) is 0 Å². The minimum absolute atomic E-state index is 0.221. The van der Waals surface area contributed by atoms with Crippen molar-refractivity contribution in [3.63, 3.8) is 0 Å². The summed E-state index contributed by atoms with van der Waals surface area (Å²) in [7, 11) is 1.62. The van der Waals surface area contributed by atoms with Crippen LogP contribution in [0.5, 0.6) is 5.75 Å². The van der Waals surface area contributed by atoms with Crippen molar-refractivity contribution >= 4 is 21.9 Å². The SMILES string of the molecule is CCOC(=O)C(NC1CCCC1)c1ccc(OC)c(Br)c1. The number of carbonyl (C=O) groups is 1. The maximum atomic E-state index is 12.3. The van der Waals surface area contributed by atoms with Gasteiger partial charge in [0, 0.05) is 6.04 Å². The first kappa shape index (κ1) is 16.3. The second kappa shape index (κ2) is 7.80. The maximum absolute atomic E-state index is 12.3. The Balaban J connectivity index is 2.20. The smallest absolute Gasteiger partial charge is 0.327 e. The number of halogens is 1. The summed E-state index contributed by atoms with van der Waals surface area (Å²) in [6.45, 7) is 2.22. The molecule has 1 atom stereocenters. The van der Waals surface area contributed by atoms with E-state index >= 15 is 0 Å². The molecule has 1 unspecified atom stereocenters. The summed E-state index contributed by atoms with van der Waals surface area (Å²) in [5.74, 6) is 0.531. The standard InChI is InChI=1S/C16H22BrNO3/c1-3-21-16(19)15(18-12-6-4-5-7-12)11-8-9-14(20-2)13(17)10-11/h8-10,12,15,18H,3-7H2,1-2H3. The van der Waals surface area contributed by atoms with E-state index in [0.717, 1.165) is 28.6 Å². The van der Waals surface area contributed by atoms with Crippen molar-refractivity contribution in [3.8, 4) is 5.75 Å². The first-order valence-electron chi connectivity index (χ1n) is 7.41. The fraction of sp³-hybridized carbons (Fsp3) is 0.562. The minimum atomic E-state index is -0.421. The van der Waals surface area contributed by atoms with Crippen LogP contribution in [0.25, 0.3) is 0 Å². The molecule has 1 saturated carbocycles. The van der Waals surface area contributed by atoms with Gasteiger partial charge in [-0.05, 0) is 53.4 Å². The molecule has 4 nitrogen and oxygen atoms in total. The summed E-state index contributed by atoms with van der Waals surface area (Å²) in [6, 6.07) is 5.66. The third kappa shape index (κ3) is 4.20. The molecule has 0 bridgehead atoms. The molecule has 0 amide bonds. The average molecular weight is 356 g/mol. The Kier molecular flexibility index (Phi) is 6.06. The van der Waals surface area contributed by atoms with Gasteiger partial charge in [-0.2, -0.15) is 0 Å². The second-order valence-corrected chi connectivity index (χ2v) is 6.08. The van der Waals surface area contributed by atoms with Gasteiger partial charge in [0.2, 0.25) is 0 Å². The van der Waals surface area contributed by atoms with E-state index in [1.807, 2.05) is 25.1 Å². The summed E-state index contributed by atoms with van der Waals surface area (Å²) < 4.78 is 11.3. The van der Waals surface area contributed by atoms with Crippen molar-refractivity contribution in [2.75, 3.05) is 13.7 Å². The number of nitrogens with one attached hydrogen (secondary N) is 1. The van der Waals surface area contributed by atoms with Crippen molar-refractivity contribution < 1.29 is 14.3 Å². The highest BCUT2D eigenvalue weighted by Crippen LogP contribution is 2.30. The van der Waals surface area contributed by atoms with Gasteiger partial charge < -0.3 is 9.47 Å². The highest BCUT2D eigenvalue weighted by Gasteiger charge is 2.27. The second-order valence-electron chi connectivity index (χ2n) is 5.23. The fourth-order valence-electron chi connectivity index (χ4n) is 2.72. The van der Waals surface area contributed by atoms with Crippen LogP contribution in [0.4, 0.5) is 0 Å². The highest BCUT2D eigenvalue weighted by atomic mass is 79.9. The van der Waals surface area contributed by atoms with Crippen molar-refractivity contribution in [3.05, 3.63) is 28.2 Å². The van der Waals surface area contributed by atoms with Gasteiger partial charge in [-0.3, -0.25) is 5.32 Å². The molecule has 1 fully saturated rings. The molecule has 1 N–H and O–H groups in total. The van der Waals surface area contributed by atoms with Crippen molar-refractivity contribution in [2.45, 2.75) is 44.7 Å². The lowest BCUT2D eigenvalue weighted by molar-refractivity contribution is -0.146. The topological polar surface area (TPSA) is 47.6 Å². The number of hydrogen-bond acceptors (Lipinski definition) is 4. The summed E-state index contributed by atoms with van der Waals surface area (Å²) in [6.07, 6.45) is 4.68. The molecule has 1 aromatic carbocycles. The lowest BCUT2D eigenvalue weighted by Crippen LogP contribution is -2.36. The first-order valence-corrected chi connectivity index (χ1v) is 8.21. The van der Waals surface area contributed by atoms with Crippen molar-refractivity contribution in [1.29, 1.82) is 0 Å². The van der Waals surface area contributed by atoms with E-state index in [0.29, 0.717) is 12.6 Å². The lowest BCUT2D eigenvalue weighted by atomic mass is 10.0. The monoisotopic (exact) mass is 355 g/mol. The van der Waals surface area contributed by atoms with Gasteiger partial charge in [-0.15, -0.1) is 0 Å². The van der Waals surface area contributed by atoms with Gasteiger partial charge in [0.05, 0.1) is 18.2 Å². The number of esters is 1. The predicted molar refractivity (Wildman–Crippen MR) is 85.5 cm³/mol. The molecule has 21 heavy (non-hydrogen) atoms. The van der Waals surface area contributed by atoms with E-state index in [4.69, 9.17) is 9.47 Å². The third-order valence-corrected chi connectivity index (χ3v) is 4.41. The Hall–Kier alpha value is -1.07. The van der Waals surface area contributed by atoms with Crippen LogP contribution in [0.3, 0.4) is 0 Å². The average Bonchev–Trinajstić information content (AvgIpc) is 2.98. The van der Waals surface area contributed by atoms with E-state index in [1.165, 1.54) is 12.8 Å².